The lowest BCUT2D eigenvalue weighted by atomic mass is 10.1. The largest absolute Gasteiger partial charge is 0.471 e. The molecule has 0 bridgehead atoms. The summed E-state index contributed by atoms with van der Waals surface area (Å²) in [4.78, 5) is 19.1. The molecule has 2 aromatic carbocycles. The van der Waals surface area contributed by atoms with E-state index in [2.05, 4.69) is 14.6 Å². The Labute approximate surface area is 250 Å². The molecular formula is C31H30F4N6O3. The first kappa shape index (κ1) is 29.8. The van der Waals surface area contributed by atoms with E-state index in [1.807, 2.05) is 18.2 Å². The van der Waals surface area contributed by atoms with E-state index < -0.39 is 30.0 Å². The zero-order chi connectivity index (χ0) is 31.0. The summed E-state index contributed by atoms with van der Waals surface area (Å²) >= 11 is 0. The summed E-state index contributed by atoms with van der Waals surface area (Å²) in [5.41, 5.74) is 1.39. The van der Waals surface area contributed by atoms with Crippen molar-refractivity contribution in [3.05, 3.63) is 76.5 Å². The molecule has 2 aliphatic rings. The van der Waals surface area contributed by atoms with Gasteiger partial charge in [-0.3, -0.25) is 14.4 Å². The SMILES string of the molecule is CC(=O)c1ccc2nc(CN3CCC(n4cc(C(F)(F)F)c(OCc5ccc(C#N)cc5F)n4)CC3)n(C[C@@H]3CCO3)c2c1. The van der Waals surface area contributed by atoms with Gasteiger partial charge >= 0.3 is 6.18 Å². The highest BCUT2D eigenvalue weighted by molar-refractivity contribution is 5.97. The Morgan fingerprint density at radius 3 is 2.57 bits per heavy atom. The minimum atomic E-state index is -4.71. The van der Waals surface area contributed by atoms with E-state index in [0.29, 0.717) is 44.6 Å². The molecule has 2 aromatic heterocycles. The van der Waals surface area contributed by atoms with Crippen molar-refractivity contribution in [2.75, 3.05) is 19.7 Å². The summed E-state index contributed by atoms with van der Waals surface area (Å²) in [5.74, 6) is -0.526. The number of aromatic nitrogens is 4. The molecule has 2 fully saturated rings. The minimum Gasteiger partial charge on any atom is -0.471 e. The number of fused-ring (bicyclic) bond motifs is 1. The molecule has 1 atom stereocenters. The molecule has 4 aromatic rings. The van der Waals surface area contributed by atoms with Crippen LogP contribution in [0, 0.1) is 17.1 Å². The number of likely N-dealkylation sites (tertiary alicyclic amines) is 1. The number of carbonyl (C=O) groups is 1. The second-order valence-electron chi connectivity index (χ2n) is 11.2. The molecule has 0 N–H and O–H groups in total. The van der Waals surface area contributed by atoms with Crippen LogP contribution in [-0.4, -0.2) is 55.8 Å². The highest BCUT2D eigenvalue weighted by Gasteiger charge is 2.38. The maximum atomic E-state index is 14.3. The van der Waals surface area contributed by atoms with Crippen molar-refractivity contribution in [1.29, 1.82) is 5.26 Å². The number of alkyl halides is 3. The predicted octanol–water partition coefficient (Wildman–Crippen LogP) is 5.67. The summed E-state index contributed by atoms with van der Waals surface area (Å²) in [6, 6.07) is 10.7. The van der Waals surface area contributed by atoms with Crippen molar-refractivity contribution in [2.45, 2.75) is 64.2 Å². The van der Waals surface area contributed by atoms with Crippen molar-refractivity contribution >= 4 is 16.8 Å². The molecule has 2 saturated heterocycles. The Kier molecular flexibility index (Phi) is 8.13. The quantitative estimate of drug-likeness (QED) is 0.178. The maximum Gasteiger partial charge on any atom is 0.423 e. The molecule has 0 unspecified atom stereocenters. The average molecular weight is 611 g/mol. The molecule has 44 heavy (non-hydrogen) atoms. The summed E-state index contributed by atoms with van der Waals surface area (Å²) in [6.45, 7) is 4.19. The van der Waals surface area contributed by atoms with E-state index in [0.717, 1.165) is 42.1 Å². The minimum absolute atomic E-state index is 0.0207. The van der Waals surface area contributed by atoms with Gasteiger partial charge in [-0.05, 0) is 56.5 Å². The van der Waals surface area contributed by atoms with Gasteiger partial charge in [-0.1, -0.05) is 6.07 Å². The lowest BCUT2D eigenvalue weighted by Crippen LogP contribution is -2.36. The molecule has 0 saturated carbocycles. The summed E-state index contributed by atoms with van der Waals surface area (Å²) < 4.78 is 70.3. The highest BCUT2D eigenvalue weighted by atomic mass is 19.4. The van der Waals surface area contributed by atoms with Crippen molar-refractivity contribution in [3.8, 4) is 11.9 Å². The highest BCUT2D eigenvalue weighted by Crippen LogP contribution is 2.38. The van der Waals surface area contributed by atoms with Crippen LogP contribution in [0.4, 0.5) is 17.6 Å². The number of rotatable bonds is 9. The fourth-order valence-electron chi connectivity index (χ4n) is 5.63. The first-order chi connectivity index (χ1) is 21.1. The fourth-order valence-corrected chi connectivity index (χ4v) is 5.63. The van der Waals surface area contributed by atoms with Gasteiger partial charge in [0.05, 0.1) is 47.9 Å². The number of hydrogen-bond acceptors (Lipinski definition) is 7. The zero-order valence-corrected chi connectivity index (χ0v) is 24.0. The average Bonchev–Trinajstić information content (AvgIpc) is 3.55. The molecule has 6 rings (SSSR count). The fraction of sp³-hybridized carbons (Fsp3) is 0.419. The van der Waals surface area contributed by atoms with E-state index in [1.165, 1.54) is 23.7 Å². The van der Waals surface area contributed by atoms with E-state index >= 15 is 0 Å². The molecular weight excluding hydrogens is 580 g/mol. The zero-order valence-electron chi connectivity index (χ0n) is 24.0. The van der Waals surface area contributed by atoms with Crippen LogP contribution < -0.4 is 4.74 Å². The Hall–Kier alpha value is -4.28. The second-order valence-corrected chi connectivity index (χ2v) is 11.2. The number of Topliss-reactive ketones (excluding diaryl/α,β-unsaturated/α-hetero) is 1. The van der Waals surface area contributed by atoms with Gasteiger partial charge < -0.3 is 14.0 Å². The third-order valence-corrected chi connectivity index (χ3v) is 8.26. The lowest BCUT2D eigenvalue weighted by Gasteiger charge is -2.32. The smallest absolute Gasteiger partial charge is 0.423 e. The second kappa shape index (κ2) is 12.0. The van der Waals surface area contributed by atoms with Crippen molar-refractivity contribution in [1.82, 2.24) is 24.2 Å². The Balaban J connectivity index is 1.15. The van der Waals surface area contributed by atoms with Crippen LogP contribution in [0.5, 0.6) is 5.88 Å². The number of ether oxygens (including phenoxy) is 2. The van der Waals surface area contributed by atoms with Crippen LogP contribution in [0.15, 0.2) is 42.6 Å². The summed E-state index contributed by atoms with van der Waals surface area (Å²) in [6.07, 6.45) is -1.59. The number of halogens is 4. The van der Waals surface area contributed by atoms with E-state index in [4.69, 9.17) is 19.7 Å². The monoisotopic (exact) mass is 610 g/mol. The molecule has 0 aliphatic carbocycles. The topological polar surface area (TPSA) is 98.2 Å². The number of benzene rings is 2. The molecule has 13 heteroatoms. The van der Waals surface area contributed by atoms with Gasteiger partial charge in [0, 0.05) is 37.0 Å². The van der Waals surface area contributed by atoms with Gasteiger partial charge in [-0.25, -0.2) is 9.37 Å². The molecule has 9 nitrogen and oxygen atoms in total. The number of hydrogen-bond donors (Lipinski definition) is 0. The molecule has 0 amide bonds. The molecule has 0 spiro atoms. The maximum absolute atomic E-state index is 14.3. The lowest BCUT2D eigenvalue weighted by molar-refractivity contribution is -0.139. The molecule has 230 valence electrons. The van der Waals surface area contributed by atoms with Crippen LogP contribution in [0.2, 0.25) is 0 Å². The standard InChI is InChI=1S/C31H30F4N6O3/c1-19(42)21-4-5-27-28(13-21)40(15-24-8-11-43-24)29(37-27)17-39-9-6-23(7-10-39)41-16-25(31(33,34)35)30(38-41)44-18-22-3-2-20(14-36)12-26(22)32/h2-5,12-13,16,23-24H,6-11,15,17-18H2,1H3/t24-/m0/s1. The van der Waals surface area contributed by atoms with Crippen LogP contribution >= 0.6 is 0 Å². The number of nitriles is 1. The van der Waals surface area contributed by atoms with Gasteiger partial charge in [0.15, 0.2) is 5.78 Å². The van der Waals surface area contributed by atoms with E-state index in [1.54, 1.807) is 6.07 Å². The van der Waals surface area contributed by atoms with E-state index in [-0.39, 0.29) is 29.1 Å². The summed E-state index contributed by atoms with van der Waals surface area (Å²) in [5, 5.41) is 13.0. The van der Waals surface area contributed by atoms with Crippen LogP contribution in [-0.2, 0) is 30.6 Å². The van der Waals surface area contributed by atoms with Crippen molar-refractivity contribution in [3.63, 3.8) is 0 Å². The number of carbonyl (C=O) groups excluding carboxylic acids is 1. The van der Waals surface area contributed by atoms with Gasteiger partial charge in [0.25, 0.3) is 0 Å². The van der Waals surface area contributed by atoms with Gasteiger partial charge in [0.2, 0.25) is 5.88 Å². The molecule has 4 heterocycles. The van der Waals surface area contributed by atoms with Gasteiger partial charge in [-0.15, -0.1) is 5.10 Å². The third-order valence-electron chi connectivity index (χ3n) is 8.26. The number of piperidine rings is 1. The first-order valence-corrected chi connectivity index (χ1v) is 14.4. The van der Waals surface area contributed by atoms with Crippen molar-refractivity contribution in [2.24, 2.45) is 0 Å². The van der Waals surface area contributed by atoms with Crippen LogP contribution in [0.1, 0.15) is 65.1 Å². The van der Waals surface area contributed by atoms with Crippen molar-refractivity contribution < 1.29 is 31.8 Å². The molecule has 2 aliphatic heterocycles. The molecule has 0 radical (unpaired) electrons. The van der Waals surface area contributed by atoms with Crippen LogP contribution in [0.25, 0.3) is 11.0 Å². The van der Waals surface area contributed by atoms with Gasteiger partial charge in [-0.2, -0.15) is 18.4 Å². The Bertz CT molecular complexity index is 1730. The normalized spacial score (nSPS) is 17.9. The summed E-state index contributed by atoms with van der Waals surface area (Å²) in [7, 11) is 0. The number of ketones is 1. The number of imidazole rings is 1. The van der Waals surface area contributed by atoms with E-state index in [9.17, 15) is 22.4 Å². The Morgan fingerprint density at radius 1 is 1.16 bits per heavy atom. The first-order valence-electron chi connectivity index (χ1n) is 14.4. The van der Waals surface area contributed by atoms with Crippen LogP contribution in [0.3, 0.4) is 0 Å². The predicted molar refractivity (Wildman–Crippen MR) is 150 cm³/mol. The third kappa shape index (κ3) is 6.18. The number of nitrogens with zero attached hydrogens (tertiary/aromatic N) is 6. The van der Waals surface area contributed by atoms with Gasteiger partial charge in [0.1, 0.15) is 23.8 Å². The Morgan fingerprint density at radius 2 is 1.93 bits per heavy atom.